The van der Waals surface area contributed by atoms with E-state index in [1.54, 1.807) is 26.4 Å². The molecule has 3 aromatic rings. The third-order valence-electron chi connectivity index (χ3n) is 4.38. The summed E-state index contributed by atoms with van der Waals surface area (Å²) in [5, 5.41) is 8.77. The third kappa shape index (κ3) is 3.52. The number of nitrogens with one attached hydrogen (secondary N) is 1. The van der Waals surface area contributed by atoms with Crippen molar-refractivity contribution in [2.75, 3.05) is 21.3 Å². The zero-order valence-electron chi connectivity index (χ0n) is 15.4. The predicted octanol–water partition coefficient (Wildman–Crippen LogP) is 0.790. The SMILES string of the molecule is COc1cc(C)c(C[NH+](C)Cn2nnc3ccccc3c2=O)cc1OC. The average molecular weight is 355 g/mol. The molecule has 0 aliphatic rings. The van der Waals surface area contributed by atoms with Crippen molar-refractivity contribution in [2.24, 2.45) is 0 Å². The highest BCUT2D eigenvalue weighted by molar-refractivity contribution is 5.76. The van der Waals surface area contributed by atoms with Crippen LogP contribution in [0.3, 0.4) is 0 Å². The minimum absolute atomic E-state index is 0.126. The number of methoxy groups -OCH3 is 2. The summed E-state index contributed by atoms with van der Waals surface area (Å²) in [4.78, 5) is 13.7. The molecule has 26 heavy (non-hydrogen) atoms. The number of fused-ring (bicyclic) bond motifs is 1. The Labute approximate surface area is 151 Å². The lowest BCUT2D eigenvalue weighted by molar-refractivity contribution is -0.917. The van der Waals surface area contributed by atoms with Gasteiger partial charge in [-0.3, -0.25) is 4.79 Å². The predicted molar refractivity (Wildman–Crippen MR) is 98.7 cm³/mol. The normalized spacial score (nSPS) is 12.2. The van der Waals surface area contributed by atoms with Crippen LogP contribution in [0.25, 0.3) is 10.9 Å². The first-order valence-corrected chi connectivity index (χ1v) is 8.39. The van der Waals surface area contributed by atoms with Crippen LogP contribution in [0.4, 0.5) is 0 Å². The fourth-order valence-electron chi connectivity index (χ4n) is 2.98. The Morgan fingerprint density at radius 2 is 1.81 bits per heavy atom. The zero-order chi connectivity index (χ0) is 18.7. The monoisotopic (exact) mass is 355 g/mol. The van der Waals surface area contributed by atoms with Gasteiger partial charge in [0.1, 0.15) is 12.1 Å². The van der Waals surface area contributed by atoms with Crippen LogP contribution in [-0.4, -0.2) is 36.3 Å². The second-order valence-electron chi connectivity index (χ2n) is 6.34. The van der Waals surface area contributed by atoms with Gasteiger partial charge in [0, 0.05) is 5.56 Å². The standard InChI is InChI=1S/C19H22N4O3/c1-13-9-17(25-3)18(26-4)10-14(13)11-22(2)12-23-19(24)15-7-5-6-8-16(15)20-21-23/h5-10H,11-12H2,1-4H3/p+1. The molecule has 2 aromatic carbocycles. The largest absolute Gasteiger partial charge is 0.493 e. The molecule has 136 valence electrons. The molecule has 7 nitrogen and oxygen atoms in total. The van der Waals surface area contributed by atoms with Crippen molar-refractivity contribution < 1.29 is 14.4 Å². The Balaban J connectivity index is 1.82. The number of aromatic nitrogens is 3. The van der Waals surface area contributed by atoms with Crippen LogP contribution < -0.4 is 19.9 Å². The molecule has 1 aromatic heterocycles. The molecule has 1 atom stereocenters. The highest BCUT2D eigenvalue weighted by Gasteiger charge is 2.14. The zero-order valence-corrected chi connectivity index (χ0v) is 15.4. The van der Waals surface area contributed by atoms with Crippen LogP contribution in [0.15, 0.2) is 41.2 Å². The molecule has 0 amide bonds. The van der Waals surface area contributed by atoms with Gasteiger partial charge < -0.3 is 14.4 Å². The van der Waals surface area contributed by atoms with Gasteiger partial charge in [-0.05, 0) is 36.8 Å². The molecule has 0 fully saturated rings. The molecule has 0 saturated carbocycles. The molecule has 7 heteroatoms. The molecule has 0 bridgehead atoms. The van der Waals surface area contributed by atoms with Gasteiger partial charge in [0.05, 0.1) is 26.7 Å². The maximum atomic E-state index is 12.6. The van der Waals surface area contributed by atoms with Gasteiger partial charge in [-0.25, -0.2) is 0 Å². The van der Waals surface area contributed by atoms with Crippen molar-refractivity contribution in [2.45, 2.75) is 20.1 Å². The van der Waals surface area contributed by atoms with Crippen LogP contribution >= 0.6 is 0 Å². The van der Waals surface area contributed by atoms with Crippen molar-refractivity contribution in [1.82, 2.24) is 15.0 Å². The maximum Gasteiger partial charge on any atom is 0.282 e. The summed E-state index contributed by atoms with van der Waals surface area (Å²) in [5.41, 5.74) is 2.72. The van der Waals surface area contributed by atoms with Gasteiger partial charge in [-0.15, -0.1) is 5.10 Å². The maximum absolute atomic E-state index is 12.6. The Morgan fingerprint density at radius 3 is 2.54 bits per heavy atom. The summed E-state index contributed by atoms with van der Waals surface area (Å²) in [6.45, 7) is 3.17. The molecule has 1 heterocycles. The number of benzene rings is 2. The van der Waals surface area contributed by atoms with E-state index in [1.807, 2.05) is 38.2 Å². The highest BCUT2D eigenvalue weighted by atomic mass is 16.5. The van der Waals surface area contributed by atoms with Gasteiger partial charge in [-0.1, -0.05) is 17.3 Å². The van der Waals surface area contributed by atoms with E-state index in [2.05, 4.69) is 10.3 Å². The van der Waals surface area contributed by atoms with Crippen molar-refractivity contribution in [3.63, 3.8) is 0 Å². The van der Waals surface area contributed by atoms with E-state index >= 15 is 0 Å². The lowest BCUT2D eigenvalue weighted by Crippen LogP contribution is -3.07. The summed E-state index contributed by atoms with van der Waals surface area (Å²) in [5.74, 6) is 1.41. The van der Waals surface area contributed by atoms with Gasteiger partial charge in [-0.2, -0.15) is 4.68 Å². The van der Waals surface area contributed by atoms with Gasteiger partial charge in [0.25, 0.3) is 5.56 Å². The average Bonchev–Trinajstić information content (AvgIpc) is 2.65. The summed E-state index contributed by atoms with van der Waals surface area (Å²) >= 11 is 0. The first-order valence-electron chi connectivity index (χ1n) is 8.39. The number of hydrogen-bond acceptors (Lipinski definition) is 5. The molecule has 3 rings (SSSR count). The minimum atomic E-state index is -0.126. The summed E-state index contributed by atoms with van der Waals surface area (Å²) in [6.07, 6.45) is 0. The molecule has 0 saturated heterocycles. The van der Waals surface area contributed by atoms with Crippen LogP contribution in [0.1, 0.15) is 11.1 Å². The van der Waals surface area contributed by atoms with Crippen molar-refractivity contribution >= 4 is 10.9 Å². The molecular formula is C19H23N4O3+. The number of hydrogen-bond donors (Lipinski definition) is 1. The van der Waals surface area contributed by atoms with Crippen LogP contribution in [0, 0.1) is 6.92 Å². The topological polar surface area (TPSA) is 70.7 Å². The summed E-state index contributed by atoms with van der Waals surface area (Å²) in [7, 11) is 5.26. The van der Waals surface area contributed by atoms with Crippen molar-refractivity contribution in [3.8, 4) is 11.5 Å². The second kappa shape index (κ2) is 7.53. The van der Waals surface area contributed by atoms with Crippen LogP contribution in [0.5, 0.6) is 11.5 Å². The lowest BCUT2D eigenvalue weighted by Gasteiger charge is -2.17. The summed E-state index contributed by atoms with van der Waals surface area (Å²) < 4.78 is 12.1. The van der Waals surface area contributed by atoms with E-state index in [0.29, 0.717) is 35.6 Å². The molecule has 1 N–H and O–H groups in total. The third-order valence-corrected chi connectivity index (χ3v) is 4.38. The molecule has 0 spiro atoms. The summed E-state index contributed by atoms with van der Waals surface area (Å²) in [6, 6.07) is 11.2. The number of ether oxygens (including phenoxy) is 2. The first-order chi connectivity index (χ1) is 12.5. The Kier molecular flexibility index (Phi) is 5.18. The number of nitrogens with zero attached hydrogens (tertiary/aromatic N) is 3. The number of quaternary nitrogens is 1. The molecule has 0 aliphatic carbocycles. The second-order valence-corrected chi connectivity index (χ2v) is 6.34. The first kappa shape index (κ1) is 17.9. The van der Waals surface area contributed by atoms with Crippen LogP contribution in [-0.2, 0) is 13.2 Å². The Morgan fingerprint density at radius 1 is 1.12 bits per heavy atom. The van der Waals surface area contributed by atoms with E-state index in [1.165, 1.54) is 4.68 Å². The smallest absolute Gasteiger partial charge is 0.282 e. The van der Waals surface area contributed by atoms with E-state index in [0.717, 1.165) is 16.0 Å². The number of aryl methyl sites for hydroxylation is 1. The molecule has 0 aliphatic heterocycles. The Bertz CT molecular complexity index is 984. The van der Waals surface area contributed by atoms with E-state index < -0.39 is 0 Å². The fourth-order valence-corrected chi connectivity index (χ4v) is 2.98. The van der Waals surface area contributed by atoms with Gasteiger partial charge >= 0.3 is 0 Å². The van der Waals surface area contributed by atoms with Gasteiger partial charge in [0.15, 0.2) is 18.2 Å². The fraction of sp³-hybridized carbons (Fsp3) is 0.316. The molecule has 1 unspecified atom stereocenters. The molecule has 0 radical (unpaired) electrons. The van der Waals surface area contributed by atoms with Crippen LogP contribution in [0.2, 0.25) is 0 Å². The molecular weight excluding hydrogens is 332 g/mol. The van der Waals surface area contributed by atoms with Crippen molar-refractivity contribution in [3.05, 3.63) is 57.9 Å². The van der Waals surface area contributed by atoms with E-state index in [-0.39, 0.29) is 5.56 Å². The van der Waals surface area contributed by atoms with E-state index in [4.69, 9.17) is 9.47 Å². The highest BCUT2D eigenvalue weighted by Crippen LogP contribution is 2.29. The van der Waals surface area contributed by atoms with Gasteiger partial charge in [0.2, 0.25) is 0 Å². The lowest BCUT2D eigenvalue weighted by atomic mass is 10.1. The quantitative estimate of drug-likeness (QED) is 0.708. The van der Waals surface area contributed by atoms with E-state index in [9.17, 15) is 4.79 Å². The Hall–Kier alpha value is -2.93. The van der Waals surface area contributed by atoms with Crippen molar-refractivity contribution in [1.29, 1.82) is 0 Å². The number of rotatable bonds is 6. The minimum Gasteiger partial charge on any atom is -0.493 e.